The molecule has 166 valence electrons. The lowest BCUT2D eigenvalue weighted by molar-refractivity contribution is -0.125. The number of para-hydroxylation sites is 1. The number of amides is 1. The molecule has 0 spiro atoms. The molecule has 2 aromatic carbocycles. The maximum Gasteiger partial charge on any atom is 0.338 e. The highest BCUT2D eigenvalue weighted by molar-refractivity contribution is 7.92. The molecule has 1 aliphatic carbocycles. The number of hydrogen-bond donors (Lipinski definition) is 1. The molecular weight excluding hydrogens is 416 g/mol. The van der Waals surface area contributed by atoms with Gasteiger partial charge >= 0.3 is 5.97 Å². The number of esters is 1. The van der Waals surface area contributed by atoms with Gasteiger partial charge in [-0.25, -0.2) is 13.2 Å². The lowest BCUT2D eigenvalue weighted by Crippen LogP contribution is -2.38. The smallest absolute Gasteiger partial charge is 0.338 e. The Morgan fingerprint density at radius 2 is 1.65 bits per heavy atom. The first-order chi connectivity index (χ1) is 14.9. The Labute approximate surface area is 183 Å². The molecule has 2 aromatic rings. The maximum atomic E-state index is 13.0. The van der Waals surface area contributed by atoms with E-state index in [9.17, 15) is 18.0 Å². The number of benzene rings is 2. The van der Waals surface area contributed by atoms with Gasteiger partial charge in [0, 0.05) is 12.6 Å². The fourth-order valence-corrected chi connectivity index (χ4v) is 5.18. The van der Waals surface area contributed by atoms with Gasteiger partial charge in [-0.05, 0) is 56.2 Å². The summed E-state index contributed by atoms with van der Waals surface area (Å²) in [4.78, 5) is 24.3. The van der Waals surface area contributed by atoms with Crippen LogP contribution >= 0.6 is 0 Å². The Morgan fingerprint density at radius 1 is 1.00 bits per heavy atom. The molecule has 0 radical (unpaired) electrons. The monoisotopic (exact) mass is 444 g/mol. The van der Waals surface area contributed by atoms with Gasteiger partial charge in [0.05, 0.1) is 16.1 Å². The van der Waals surface area contributed by atoms with Crippen LogP contribution in [0.25, 0.3) is 0 Å². The average molecular weight is 445 g/mol. The number of sulfonamides is 1. The van der Waals surface area contributed by atoms with Crippen LogP contribution in [-0.2, 0) is 19.6 Å². The predicted octanol–water partition coefficient (Wildman–Crippen LogP) is 3.51. The second kappa shape index (κ2) is 10.4. The molecule has 1 amide bonds. The third kappa shape index (κ3) is 5.85. The van der Waals surface area contributed by atoms with E-state index in [2.05, 4.69) is 5.32 Å². The van der Waals surface area contributed by atoms with Crippen molar-refractivity contribution in [3.8, 4) is 0 Å². The molecule has 1 fully saturated rings. The van der Waals surface area contributed by atoms with Crippen molar-refractivity contribution in [3.05, 3.63) is 60.2 Å². The largest absolute Gasteiger partial charge is 0.452 e. The minimum atomic E-state index is -3.77. The number of carbonyl (C=O) groups excluding carboxylic acids is 2. The van der Waals surface area contributed by atoms with Crippen LogP contribution in [0.2, 0.25) is 0 Å². The topological polar surface area (TPSA) is 92.8 Å². The average Bonchev–Trinajstić information content (AvgIpc) is 2.79. The lowest BCUT2D eigenvalue weighted by Gasteiger charge is -2.23. The fraction of sp³-hybridized carbons (Fsp3) is 0.391. The van der Waals surface area contributed by atoms with Gasteiger partial charge in [-0.3, -0.25) is 9.10 Å². The van der Waals surface area contributed by atoms with Crippen LogP contribution in [0.4, 0.5) is 5.69 Å². The van der Waals surface area contributed by atoms with E-state index in [1.54, 1.807) is 31.2 Å². The summed E-state index contributed by atoms with van der Waals surface area (Å²) < 4.78 is 32.4. The molecular formula is C23H28N2O5S. The van der Waals surface area contributed by atoms with Crippen LogP contribution in [0.5, 0.6) is 0 Å². The van der Waals surface area contributed by atoms with Crippen molar-refractivity contribution in [1.82, 2.24) is 5.32 Å². The van der Waals surface area contributed by atoms with Crippen molar-refractivity contribution >= 4 is 27.6 Å². The molecule has 0 heterocycles. The van der Waals surface area contributed by atoms with Gasteiger partial charge in [-0.15, -0.1) is 0 Å². The molecule has 1 aliphatic rings. The molecule has 8 heteroatoms. The number of hydrogen-bond acceptors (Lipinski definition) is 5. The van der Waals surface area contributed by atoms with Crippen molar-refractivity contribution in [3.63, 3.8) is 0 Å². The van der Waals surface area contributed by atoms with Crippen LogP contribution in [0.1, 0.15) is 49.4 Å². The van der Waals surface area contributed by atoms with Gasteiger partial charge < -0.3 is 10.1 Å². The molecule has 0 bridgehead atoms. The van der Waals surface area contributed by atoms with Crippen molar-refractivity contribution in [2.24, 2.45) is 0 Å². The van der Waals surface area contributed by atoms with E-state index < -0.39 is 16.0 Å². The minimum absolute atomic E-state index is 0.0739. The van der Waals surface area contributed by atoms with Crippen LogP contribution in [-0.4, -0.2) is 39.5 Å². The molecule has 1 N–H and O–H groups in total. The van der Waals surface area contributed by atoms with E-state index >= 15 is 0 Å². The Morgan fingerprint density at radius 3 is 2.26 bits per heavy atom. The highest BCUT2D eigenvalue weighted by Crippen LogP contribution is 2.23. The van der Waals surface area contributed by atoms with E-state index in [0.717, 1.165) is 25.7 Å². The maximum absolute atomic E-state index is 13.0. The molecule has 1 saturated carbocycles. The third-order valence-electron chi connectivity index (χ3n) is 5.31. The van der Waals surface area contributed by atoms with E-state index in [-0.39, 0.29) is 35.6 Å². The molecule has 7 nitrogen and oxygen atoms in total. The SMILES string of the molecule is CCN(c1ccccc1)S(=O)(=O)c1ccc(C(=O)OCC(=O)NC2CCCCC2)cc1. The number of rotatable bonds is 8. The quantitative estimate of drug-likeness (QED) is 0.629. The van der Waals surface area contributed by atoms with Gasteiger partial charge in [0.1, 0.15) is 0 Å². The Kier molecular flexibility index (Phi) is 7.68. The molecule has 3 rings (SSSR count). The number of anilines is 1. The zero-order valence-corrected chi connectivity index (χ0v) is 18.4. The molecule has 0 saturated heterocycles. The minimum Gasteiger partial charge on any atom is -0.452 e. The van der Waals surface area contributed by atoms with Crippen LogP contribution in [0, 0.1) is 0 Å². The first-order valence-electron chi connectivity index (χ1n) is 10.6. The molecule has 0 unspecified atom stereocenters. The van der Waals surface area contributed by atoms with Crippen LogP contribution < -0.4 is 9.62 Å². The summed E-state index contributed by atoms with van der Waals surface area (Å²) in [6.07, 6.45) is 5.29. The van der Waals surface area contributed by atoms with Gasteiger partial charge in [-0.1, -0.05) is 37.5 Å². The summed E-state index contributed by atoms with van der Waals surface area (Å²) in [7, 11) is -3.77. The zero-order valence-electron chi connectivity index (χ0n) is 17.6. The first kappa shape index (κ1) is 22.8. The van der Waals surface area contributed by atoms with Gasteiger partial charge in [0.15, 0.2) is 6.61 Å². The molecule has 31 heavy (non-hydrogen) atoms. The van der Waals surface area contributed by atoms with Gasteiger partial charge in [0.25, 0.3) is 15.9 Å². The Balaban J connectivity index is 1.61. The second-order valence-corrected chi connectivity index (χ2v) is 9.37. The Hall–Kier alpha value is -2.87. The standard InChI is InChI=1S/C23H28N2O5S/c1-2-25(20-11-7-4-8-12-20)31(28,29)21-15-13-18(14-16-21)23(27)30-17-22(26)24-19-9-5-3-6-10-19/h4,7-8,11-16,19H,2-3,5-6,9-10,17H2,1H3,(H,24,26). The predicted molar refractivity (Wildman–Crippen MR) is 118 cm³/mol. The van der Waals surface area contributed by atoms with E-state index in [1.807, 2.05) is 6.07 Å². The molecule has 0 atom stereocenters. The van der Waals surface area contributed by atoms with Crippen LogP contribution in [0.15, 0.2) is 59.5 Å². The van der Waals surface area contributed by atoms with Crippen molar-refractivity contribution in [2.75, 3.05) is 17.5 Å². The zero-order chi connectivity index (χ0) is 22.3. The summed E-state index contributed by atoms with van der Waals surface area (Å²) in [5.41, 5.74) is 0.754. The van der Waals surface area contributed by atoms with E-state index in [0.29, 0.717) is 5.69 Å². The van der Waals surface area contributed by atoms with Crippen molar-refractivity contribution in [1.29, 1.82) is 0 Å². The number of carbonyl (C=O) groups is 2. The summed E-state index contributed by atoms with van der Waals surface area (Å²) >= 11 is 0. The van der Waals surface area contributed by atoms with Crippen molar-refractivity contribution < 1.29 is 22.7 Å². The highest BCUT2D eigenvalue weighted by Gasteiger charge is 2.24. The van der Waals surface area contributed by atoms with Crippen molar-refractivity contribution in [2.45, 2.75) is 50.0 Å². The van der Waals surface area contributed by atoms with Gasteiger partial charge in [0.2, 0.25) is 0 Å². The van der Waals surface area contributed by atoms with Gasteiger partial charge in [-0.2, -0.15) is 0 Å². The third-order valence-corrected chi connectivity index (χ3v) is 7.23. The fourth-order valence-electron chi connectivity index (χ4n) is 3.71. The summed E-state index contributed by atoms with van der Waals surface area (Å²) in [6.45, 7) is 1.67. The highest BCUT2D eigenvalue weighted by atomic mass is 32.2. The summed E-state index contributed by atoms with van der Waals surface area (Å²) in [5.74, 6) is -0.987. The number of nitrogens with one attached hydrogen (secondary N) is 1. The normalized spacial score (nSPS) is 14.6. The lowest BCUT2D eigenvalue weighted by atomic mass is 9.95. The second-order valence-electron chi connectivity index (χ2n) is 7.51. The summed E-state index contributed by atoms with van der Waals surface area (Å²) in [6, 6.07) is 14.5. The van der Waals surface area contributed by atoms with E-state index in [4.69, 9.17) is 4.74 Å². The summed E-state index contributed by atoms with van der Waals surface area (Å²) in [5, 5.41) is 2.89. The first-order valence-corrected chi connectivity index (χ1v) is 12.0. The van der Waals surface area contributed by atoms with E-state index in [1.165, 1.54) is 35.0 Å². The number of ether oxygens (including phenoxy) is 1. The van der Waals surface area contributed by atoms with Crippen LogP contribution in [0.3, 0.4) is 0 Å². The molecule has 0 aromatic heterocycles. The Bertz CT molecular complexity index is 984. The molecule has 0 aliphatic heterocycles. The number of nitrogens with zero attached hydrogens (tertiary/aromatic N) is 1.